The normalized spacial score (nSPS) is 25.3. The quantitative estimate of drug-likeness (QED) is 0.672. The lowest BCUT2D eigenvalue weighted by Crippen LogP contribution is -2.39. The van der Waals surface area contributed by atoms with E-state index in [0.29, 0.717) is 6.04 Å². The maximum Gasteiger partial charge on any atom is 0.128 e. The van der Waals surface area contributed by atoms with Gasteiger partial charge in [-0.2, -0.15) is 0 Å². The van der Waals surface area contributed by atoms with Gasteiger partial charge in [-0.3, -0.25) is 0 Å². The van der Waals surface area contributed by atoms with Crippen molar-refractivity contribution >= 4 is 11.6 Å². The van der Waals surface area contributed by atoms with Gasteiger partial charge in [-0.1, -0.05) is 6.07 Å². The van der Waals surface area contributed by atoms with Gasteiger partial charge in [0.15, 0.2) is 0 Å². The molecule has 0 aromatic carbocycles. The number of pyridine rings is 1. The van der Waals surface area contributed by atoms with E-state index < -0.39 is 0 Å². The average Bonchev–Trinajstić information content (AvgIpc) is 2.16. The fourth-order valence-electron chi connectivity index (χ4n) is 1.57. The summed E-state index contributed by atoms with van der Waals surface area (Å²) in [4.78, 5) is 4.33. The molecule has 0 bridgehead atoms. The van der Waals surface area contributed by atoms with E-state index in [1.807, 2.05) is 25.2 Å². The van der Waals surface area contributed by atoms with Crippen LogP contribution in [0.3, 0.4) is 0 Å². The smallest absolute Gasteiger partial charge is 0.128 e. The molecule has 1 saturated carbocycles. The molecule has 1 aromatic heterocycles. The number of hydrogen-bond donors (Lipinski definition) is 3. The van der Waals surface area contributed by atoms with Crippen LogP contribution in [0.25, 0.3) is 0 Å². The number of nitrogens with one attached hydrogen (secondary N) is 2. The lowest BCUT2D eigenvalue weighted by atomic mass is 9.89. The molecule has 4 heteroatoms. The minimum Gasteiger partial charge on any atom is -0.393 e. The summed E-state index contributed by atoms with van der Waals surface area (Å²) in [6, 6.07) is 6.19. The van der Waals surface area contributed by atoms with Crippen LogP contribution < -0.4 is 10.6 Å². The van der Waals surface area contributed by atoms with Crippen LogP contribution in [0.1, 0.15) is 12.8 Å². The van der Waals surface area contributed by atoms with E-state index in [2.05, 4.69) is 15.6 Å². The molecular weight excluding hydrogens is 178 g/mol. The third kappa shape index (κ3) is 1.96. The zero-order valence-corrected chi connectivity index (χ0v) is 8.20. The van der Waals surface area contributed by atoms with Crippen molar-refractivity contribution < 1.29 is 5.11 Å². The Hall–Kier alpha value is -1.29. The Morgan fingerprint density at radius 2 is 2.07 bits per heavy atom. The zero-order chi connectivity index (χ0) is 9.97. The molecule has 0 spiro atoms. The summed E-state index contributed by atoms with van der Waals surface area (Å²) in [5.74, 6) is 1.73. The van der Waals surface area contributed by atoms with Crippen molar-refractivity contribution in [3.63, 3.8) is 0 Å². The van der Waals surface area contributed by atoms with E-state index in [0.717, 1.165) is 24.5 Å². The molecular formula is C10H15N3O. The van der Waals surface area contributed by atoms with E-state index >= 15 is 0 Å². The summed E-state index contributed by atoms with van der Waals surface area (Å²) < 4.78 is 0. The van der Waals surface area contributed by atoms with Crippen molar-refractivity contribution in [2.75, 3.05) is 17.7 Å². The number of nitrogens with zero attached hydrogens (tertiary/aromatic N) is 1. The third-order valence-electron chi connectivity index (χ3n) is 2.47. The monoisotopic (exact) mass is 193 g/mol. The molecule has 14 heavy (non-hydrogen) atoms. The molecule has 0 radical (unpaired) electrons. The molecule has 0 amide bonds. The van der Waals surface area contributed by atoms with Crippen LogP contribution in [0.2, 0.25) is 0 Å². The Morgan fingerprint density at radius 1 is 1.36 bits per heavy atom. The first kappa shape index (κ1) is 9.27. The van der Waals surface area contributed by atoms with E-state index in [1.54, 1.807) is 0 Å². The summed E-state index contributed by atoms with van der Waals surface area (Å²) in [6.07, 6.45) is 1.52. The van der Waals surface area contributed by atoms with Crippen molar-refractivity contribution in [3.8, 4) is 0 Å². The fraction of sp³-hybridized carbons (Fsp3) is 0.500. The van der Waals surface area contributed by atoms with Crippen LogP contribution in [0.5, 0.6) is 0 Å². The van der Waals surface area contributed by atoms with Gasteiger partial charge in [0.2, 0.25) is 0 Å². The predicted molar refractivity (Wildman–Crippen MR) is 56.4 cm³/mol. The van der Waals surface area contributed by atoms with Crippen LogP contribution in [0.15, 0.2) is 18.2 Å². The SMILES string of the molecule is CNc1cccc(NC2CC(O)C2)n1. The van der Waals surface area contributed by atoms with Crippen LogP contribution in [-0.4, -0.2) is 29.3 Å². The largest absolute Gasteiger partial charge is 0.393 e. The molecule has 1 heterocycles. The summed E-state index contributed by atoms with van der Waals surface area (Å²) in [7, 11) is 1.85. The van der Waals surface area contributed by atoms with Crippen LogP contribution in [0, 0.1) is 0 Å². The molecule has 2 rings (SSSR count). The Bertz CT molecular complexity index is 310. The topological polar surface area (TPSA) is 57.2 Å². The molecule has 4 nitrogen and oxygen atoms in total. The molecule has 76 valence electrons. The summed E-state index contributed by atoms with van der Waals surface area (Å²) >= 11 is 0. The Kier molecular flexibility index (Phi) is 2.54. The van der Waals surface area contributed by atoms with Gasteiger partial charge < -0.3 is 15.7 Å². The highest BCUT2D eigenvalue weighted by Gasteiger charge is 2.26. The van der Waals surface area contributed by atoms with Crippen molar-refractivity contribution in [1.29, 1.82) is 0 Å². The number of aliphatic hydroxyl groups excluding tert-OH is 1. The Labute approximate surface area is 83.4 Å². The highest BCUT2D eigenvalue weighted by Crippen LogP contribution is 2.23. The molecule has 0 atom stereocenters. The van der Waals surface area contributed by atoms with Crippen LogP contribution in [0.4, 0.5) is 11.6 Å². The van der Waals surface area contributed by atoms with Gasteiger partial charge in [0, 0.05) is 13.1 Å². The highest BCUT2D eigenvalue weighted by atomic mass is 16.3. The van der Waals surface area contributed by atoms with Gasteiger partial charge in [0.05, 0.1) is 6.10 Å². The predicted octanol–water partition coefficient (Wildman–Crippen LogP) is 1.06. The van der Waals surface area contributed by atoms with Gasteiger partial charge in [-0.25, -0.2) is 4.98 Å². The van der Waals surface area contributed by atoms with Crippen molar-refractivity contribution in [2.45, 2.75) is 25.0 Å². The van der Waals surface area contributed by atoms with Crippen molar-refractivity contribution in [2.24, 2.45) is 0 Å². The molecule has 1 aromatic rings. The molecule has 1 aliphatic rings. The molecule has 1 aliphatic carbocycles. The van der Waals surface area contributed by atoms with Gasteiger partial charge in [-0.15, -0.1) is 0 Å². The lowest BCUT2D eigenvalue weighted by molar-refractivity contribution is 0.0835. The van der Waals surface area contributed by atoms with Crippen molar-refractivity contribution in [1.82, 2.24) is 4.98 Å². The second-order valence-electron chi connectivity index (χ2n) is 3.62. The molecule has 0 saturated heterocycles. The average molecular weight is 193 g/mol. The maximum atomic E-state index is 9.12. The van der Waals surface area contributed by atoms with Crippen LogP contribution >= 0.6 is 0 Å². The van der Waals surface area contributed by atoms with Crippen LogP contribution in [-0.2, 0) is 0 Å². The number of hydrogen-bond acceptors (Lipinski definition) is 4. The van der Waals surface area contributed by atoms with Crippen molar-refractivity contribution in [3.05, 3.63) is 18.2 Å². The first-order valence-corrected chi connectivity index (χ1v) is 4.87. The third-order valence-corrected chi connectivity index (χ3v) is 2.47. The molecule has 0 unspecified atom stereocenters. The number of aliphatic hydroxyl groups is 1. The molecule has 1 fully saturated rings. The number of aromatic nitrogens is 1. The first-order valence-electron chi connectivity index (χ1n) is 4.87. The van der Waals surface area contributed by atoms with E-state index in [1.165, 1.54) is 0 Å². The Balaban J connectivity index is 1.95. The van der Waals surface area contributed by atoms with Gasteiger partial charge in [-0.05, 0) is 25.0 Å². The van der Waals surface area contributed by atoms with Gasteiger partial charge in [0.1, 0.15) is 11.6 Å². The molecule has 3 N–H and O–H groups in total. The number of rotatable bonds is 3. The minimum absolute atomic E-state index is 0.125. The lowest BCUT2D eigenvalue weighted by Gasteiger charge is -2.32. The zero-order valence-electron chi connectivity index (χ0n) is 8.20. The second kappa shape index (κ2) is 3.84. The van der Waals surface area contributed by atoms with Gasteiger partial charge >= 0.3 is 0 Å². The summed E-state index contributed by atoms with van der Waals surface area (Å²) in [5.41, 5.74) is 0. The van der Waals surface area contributed by atoms with E-state index in [9.17, 15) is 0 Å². The van der Waals surface area contributed by atoms with E-state index in [4.69, 9.17) is 5.11 Å². The van der Waals surface area contributed by atoms with E-state index in [-0.39, 0.29) is 6.10 Å². The second-order valence-corrected chi connectivity index (χ2v) is 3.62. The maximum absolute atomic E-state index is 9.12. The Morgan fingerprint density at radius 3 is 2.71 bits per heavy atom. The minimum atomic E-state index is -0.125. The van der Waals surface area contributed by atoms with Gasteiger partial charge in [0.25, 0.3) is 0 Å². The molecule has 0 aliphatic heterocycles. The highest BCUT2D eigenvalue weighted by molar-refractivity contribution is 5.45. The fourth-order valence-corrected chi connectivity index (χ4v) is 1.57. The summed E-state index contributed by atoms with van der Waals surface area (Å²) in [6.45, 7) is 0. The first-order chi connectivity index (χ1) is 6.78. The summed E-state index contributed by atoms with van der Waals surface area (Å²) in [5, 5.41) is 15.4. The number of anilines is 2. The standard InChI is InChI=1S/C10H15N3O/c1-11-9-3-2-4-10(13-9)12-7-5-8(14)6-7/h2-4,7-8,14H,5-6H2,1H3,(H2,11,12,13).